The summed E-state index contributed by atoms with van der Waals surface area (Å²) in [5, 5.41) is 2.87. The van der Waals surface area contributed by atoms with Gasteiger partial charge in [-0.2, -0.15) is 0 Å². The van der Waals surface area contributed by atoms with Gasteiger partial charge in [-0.15, -0.1) is 0 Å². The zero-order valence-corrected chi connectivity index (χ0v) is 13.7. The van der Waals surface area contributed by atoms with E-state index in [0.717, 1.165) is 6.42 Å². The number of aromatic nitrogens is 1. The van der Waals surface area contributed by atoms with E-state index in [2.05, 4.69) is 5.32 Å². The Morgan fingerprint density at radius 2 is 2.10 bits per heavy atom. The van der Waals surface area contributed by atoms with Crippen LogP contribution in [0.4, 0.5) is 0 Å². The van der Waals surface area contributed by atoms with E-state index in [1.54, 1.807) is 4.57 Å². The zero-order chi connectivity index (χ0) is 15.5. The van der Waals surface area contributed by atoms with E-state index in [4.69, 9.17) is 10.7 Å². The van der Waals surface area contributed by atoms with Crippen molar-refractivity contribution in [3.8, 4) is 0 Å². The molecule has 0 atom stereocenters. The molecule has 0 bridgehead atoms. The maximum absolute atomic E-state index is 12.2. The molecule has 21 heavy (non-hydrogen) atoms. The van der Waals surface area contributed by atoms with Gasteiger partial charge in [-0.05, 0) is 25.3 Å². The van der Waals surface area contributed by atoms with E-state index >= 15 is 0 Å². The molecule has 2 rings (SSSR count). The first-order chi connectivity index (χ1) is 9.91. The van der Waals surface area contributed by atoms with Crippen molar-refractivity contribution in [1.29, 1.82) is 0 Å². The number of halogens is 1. The first-order valence-electron chi connectivity index (χ1n) is 7.35. The van der Waals surface area contributed by atoms with Crippen LogP contribution in [0.1, 0.15) is 49.5 Å². The number of carbonyl (C=O) groups is 1. The Morgan fingerprint density at radius 1 is 1.43 bits per heavy atom. The highest BCUT2D eigenvalue weighted by atomic mass is 35.7. The van der Waals surface area contributed by atoms with Gasteiger partial charge < -0.3 is 9.88 Å². The summed E-state index contributed by atoms with van der Waals surface area (Å²) in [6.45, 7) is 2.99. The Labute approximate surface area is 130 Å². The highest BCUT2D eigenvalue weighted by Gasteiger charge is 2.20. The standard InChI is InChI=1S/C14H21ClN2O3S/c1-2-17-10-12(21(15,19)20)9-13(17)14(18)16-8-7-11-5-3-4-6-11/h9-11H,2-8H2,1H3,(H,16,18). The molecule has 1 amide bonds. The van der Waals surface area contributed by atoms with Crippen molar-refractivity contribution in [1.82, 2.24) is 9.88 Å². The third-order valence-electron chi connectivity index (χ3n) is 4.04. The van der Waals surface area contributed by atoms with Gasteiger partial charge in [0, 0.05) is 30.0 Å². The van der Waals surface area contributed by atoms with Gasteiger partial charge in [0.1, 0.15) is 10.6 Å². The molecule has 0 radical (unpaired) electrons. The van der Waals surface area contributed by atoms with Crippen LogP contribution in [0.25, 0.3) is 0 Å². The SMILES string of the molecule is CCn1cc(S(=O)(=O)Cl)cc1C(=O)NCCC1CCCC1. The molecule has 1 saturated carbocycles. The van der Waals surface area contributed by atoms with E-state index in [9.17, 15) is 13.2 Å². The molecule has 1 fully saturated rings. The van der Waals surface area contributed by atoms with E-state index in [-0.39, 0.29) is 10.8 Å². The van der Waals surface area contributed by atoms with Gasteiger partial charge in [0.2, 0.25) is 0 Å². The van der Waals surface area contributed by atoms with Crippen molar-refractivity contribution in [3.63, 3.8) is 0 Å². The Morgan fingerprint density at radius 3 is 2.67 bits per heavy atom. The number of rotatable bonds is 6. The smallest absolute Gasteiger partial charge is 0.267 e. The molecule has 7 heteroatoms. The van der Waals surface area contributed by atoms with Crippen LogP contribution in [0.3, 0.4) is 0 Å². The van der Waals surface area contributed by atoms with Crippen molar-refractivity contribution < 1.29 is 13.2 Å². The first-order valence-corrected chi connectivity index (χ1v) is 9.65. The predicted molar refractivity (Wildman–Crippen MR) is 82.1 cm³/mol. The molecule has 1 heterocycles. The molecule has 1 aromatic heterocycles. The number of nitrogens with one attached hydrogen (secondary N) is 1. The van der Waals surface area contributed by atoms with Crippen molar-refractivity contribution in [3.05, 3.63) is 18.0 Å². The summed E-state index contributed by atoms with van der Waals surface area (Å²) in [5.41, 5.74) is 0.336. The Kier molecular flexibility index (Phi) is 5.32. The zero-order valence-electron chi connectivity index (χ0n) is 12.1. The molecule has 118 valence electrons. The highest BCUT2D eigenvalue weighted by molar-refractivity contribution is 8.13. The van der Waals surface area contributed by atoms with Crippen molar-refractivity contribution in [2.75, 3.05) is 6.54 Å². The lowest BCUT2D eigenvalue weighted by molar-refractivity contribution is 0.0942. The first kappa shape index (κ1) is 16.4. The summed E-state index contributed by atoms with van der Waals surface area (Å²) < 4.78 is 24.3. The summed E-state index contributed by atoms with van der Waals surface area (Å²) >= 11 is 0. The number of hydrogen-bond acceptors (Lipinski definition) is 3. The average Bonchev–Trinajstić information content (AvgIpc) is 3.06. The fourth-order valence-corrected chi connectivity index (χ4v) is 3.61. The van der Waals surface area contributed by atoms with Crippen LogP contribution >= 0.6 is 10.7 Å². The van der Waals surface area contributed by atoms with Crippen molar-refractivity contribution in [2.24, 2.45) is 5.92 Å². The lowest BCUT2D eigenvalue weighted by Gasteiger charge is -2.10. The van der Waals surface area contributed by atoms with Gasteiger partial charge in [-0.3, -0.25) is 4.79 Å². The van der Waals surface area contributed by atoms with Crippen LogP contribution in [-0.2, 0) is 15.6 Å². The molecule has 0 aromatic carbocycles. The minimum Gasteiger partial charge on any atom is -0.351 e. The van der Waals surface area contributed by atoms with Crippen LogP contribution in [0.5, 0.6) is 0 Å². The van der Waals surface area contributed by atoms with Crippen LogP contribution in [-0.4, -0.2) is 25.4 Å². The maximum atomic E-state index is 12.2. The largest absolute Gasteiger partial charge is 0.351 e. The lowest BCUT2D eigenvalue weighted by atomic mass is 10.0. The molecule has 1 aromatic rings. The van der Waals surface area contributed by atoms with Crippen LogP contribution in [0, 0.1) is 5.92 Å². The summed E-state index contributed by atoms with van der Waals surface area (Å²) in [6, 6.07) is 1.33. The quantitative estimate of drug-likeness (QED) is 0.814. The van der Waals surface area contributed by atoms with Gasteiger partial charge in [0.05, 0.1) is 0 Å². The van der Waals surface area contributed by atoms with Crippen LogP contribution in [0.2, 0.25) is 0 Å². The lowest BCUT2D eigenvalue weighted by Crippen LogP contribution is -2.27. The third kappa shape index (κ3) is 4.23. The summed E-state index contributed by atoms with van der Waals surface area (Å²) in [7, 11) is 1.51. The van der Waals surface area contributed by atoms with Gasteiger partial charge in [0.15, 0.2) is 0 Å². The highest BCUT2D eigenvalue weighted by Crippen LogP contribution is 2.27. The van der Waals surface area contributed by atoms with E-state index in [0.29, 0.717) is 24.7 Å². The number of aryl methyl sites for hydroxylation is 1. The Balaban J connectivity index is 1.99. The molecule has 1 aliphatic carbocycles. The summed E-state index contributed by atoms with van der Waals surface area (Å²) in [4.78, 5) is 12.1. The van der Waals surface area contributed by atoms with E-state index in [1.165, 1.54) is 37.9 Å². The van der Waals surface area contributed by atoms with Crippen molar-refractivity contribution >= 4 is 25.6 Å². The molecule has 5 nitrogen and oxygen atoms in total. The molecule has 0 unspecified atom stereocenters. The number of hydrogen-bond donors (Lipinski definition) is 1. The number of amides is 1. The third-order valence-corrected chi connectivity index (χ3v) is 5.36. The van der Waals surface area contributed by atoms with Gasteiger partial charge in [-0.25, -0.2) is 8.42 Å². The summed E-state index contributed by atoms with van der Waals surface area (Å²) in [6.07, 6.45) is 7.45. The van der Waals surface area contributed by atoms with Gasteiger partial charge in [0.25, 0.3) is 15.0 Å². The van der Waals surface area contributed by atoms with Crippen LogP contribution < -0.4 is 5.32 Å². The second kappa shape index (κ2) is 6.83. The van der Waals surface area contributed by atoms with Gasteiger partial charge >= 0.3 is 0 Å². The predicted octanol–water partition coefficient (Wildman–Crippen LogP) is 2.75. The second-order valence-electron chi connectivity index (χ2n) is 5.48. The topological polar surface area (TPSA) is 68.2 Å². The van der Waals surface area contributed by atoms with Crippen LogP contribution in [0.15, 0.2) is 17.2 Å². The fraction of sp³-hybridized carbons (Fsp3) is 0.643. The molecule has 1 N–H and O–H groups in total. The molecular weight excluding hydrogens is 312 g/mol. The number of nitrogens with zero attached hydrogens (tertiary/aromatic N) is 1. The Hall–Kier alpha value is -1.01. The molecule has 1 aliphatic rings. The normalized spacial score (nSPS) is 16.3. The van der Waals surface area contributed by atoms with Crippen molar-refractivity contribution in [2.45, 2.75) is 50.5 Å². The summed E-state index contributed by atoms with van der Waals surface area (Å²) in [5.74, 6) is 0.462. The average molecular weight is 333 g/mol. The van der Waals surface area contributed by atoms with Gasteiger partial charge in [-0.1, -0.05) is 25.7 Å². The molecular formula is C14H21ClN2O3S. The molecule has 0 spiro atoms. The van der Waals surface area contributed by atoms with E-state index in [1.807, 2.05) is 6.92 Å². The Bertz CT molecular complexity index is 604. The minimum absolute atomic E-state index is 0.0352. The number of carbonyl (C=O) groups excluding carboxylic acids is 1. The fourth-order valence-electron chi connectivity index (χ4n) is 2.85. The molecule has 0 aliphatic heterocycles. The second-order valence-corrected chi connectivity index (χ2v) is 8.05. The monoisotopic (exact) mass is 332 g/mol. The molecule has 0 saturated heterocycles. The maximum Gasteiger partial charge on any atom is 0.267 e. The van der Waals surface area contributed by atoms with E-state index < -0.39 is 9.05 Å². The minimum atomic E-state index is -3.81.